The van der Waals surface area contributed by atoms with E-state index in [9.17, 15) is 17.6 Å². The predicted molar refractivity (Wildman–Crippen MR) is 97.7 cm³/mol. The summed E-state index contributed by atoms with van der Waals surface area (Å²) in [5, 5.41) is 2.85. The number of aryl methyl sites for hydroxylation is 1. The summed E-state index contributed by atoms with van der Waals surface area (Å²) < 4.78 is 39.8. The van der Waals surface area contributed by atoms with E-state index in [1.807, 2.05) is 31.2 Å². The fourth-order valence-electron chi connectivity index (χ4n) is 3.01. The van der Waals surface area contributed by atoms with Gasteiger partial charge in [-0.25, -0.2) is 12.8 Å². The van der Waals surface area contributed by atoms with Crippen LogP contribution in [0.1, 0.15) is 18.4 Å². The third-order valence-electron chi connectivity index (χ3n) is 4.53. The first-order valence-electron chi connectivity index (χ1n) is 8.49. The van der Waals surface area contributed by atoms with Gasteiger partial charge in [0.05, 0.1) is 10.8 Å². The molecular formula is C19H21FN2O3S. The van der Waals surface area contributed by atoms with Crippen molar-refractivity contribution in [1.29, 1.82) is 0 Å². The number of rotatable bonds is 4. The van der Waals surface area contributed by atoms with E-state index in [0.717, 1.165) is 17.7 Å². The largest absolute Gasteiger partial charge is 0.326 e. The summed E-state index contributed by atoms with van der Waals surface area (Å²) in [6.45, 7) is 2.44. The maximum Gasteiger partial charge on any atom is 0.243 e. The summed E-state index contributed by atoms with van der Waals surface area (Å²) in [6, 6.07) is 12.2. The monoisotopic (exact) mass is 376 g/mol. The van der Waals surface area contributed by atoms with Crippen molar-refractivity contribution in [2.24, 2.45) is 5.92 Å². The predicted octanol–water partition coefficient (Wildman–Crippen LogP) is 3.17. The molecule has 1 fully saturated rings. The van der Waals surface area contributed by atoms with E-state index >= 15 is 0 Å². The van der Waals surface area contributed by atoms with Crippen molar-refractivity contribution in [3.05, 3.63) is 59.9 Å². The second-order valence-corrected chi connectivity index (χ2v) is 8.45. The first-order chi connectivity index (χ1) is 12.4. The van der Waals surface area contributed by atoms with E-state index in [1.54, 1.807) is 0 Å². The number of anilines is 1. The molecule has 1 aliphatic heterocycles. The van der Waals surface area contributed by atoms with E-state index in [1.165, 1.54) is 16.4 Å². The molecule has 7 heteroatoms. The maximum atomic E-state index is 13.1. The van der Waals surface area contributed by atoms with Crippen LogP contribution in [-0.4, -0.2) is 31.7 Å². The number of nitrogens with zero attached hydrogens (tertiary/aromatic N) is 1. The third kappa shape index (κ3) is 4.11. The van der Waals surface area contributed by atoms with Crippen LogP contribution in [0.4, 0.5) is 10.1 Å². The number of piperidine rings is 1. The molecule has 3 rings (SSSR count). The fourth-order valence-corrected chi connectivity index (χ4v) is 4.54. The lowest BCUT2D eigenvalue weighted by atomic mass is 9.98. The fraction of sp³-hybridized carbons (Fsp3) is 0.316. The van der Waals surface area contributed by atoms with Crippen molar-refractivity contribution in [2.45, 2.75) is 24.7 Å². The standard InChI is InChI=1S/C19H21FN2O3S/c1-14-4-8-17(9-5-14)21-19(23)15-3-2-12-22(13-15)26(24,25)18-10-6-16(20)7-11-18/h4-11,15H,2-3,12-13H2,1H3,(H,21,23)/t15-/m1/s1. The summed E-state index contributed by atoms with van der Waals surface area (Å²) in [6.07, 6.45) is 1.24. The Bertz CT molecular complexity index is 880. The normalized spacial score (nSPS) is 18.5. The number of benzene rings is 2. The Morgan fingerprint density at radius 2 is 1.77 bits per heavy atom. The van der Waals surface area contributed by atoms with Crippen LogP contribution in [0.5, 0.6) is 0 Å². The van der Waals surface area contributed by atoms with Crippen molar-refractivity contribution in [3.8, 4) is 0 Å². The molecule has 2 aromatic rings. The van der Waals surface area contributed by atoms with E-state index in [0.29, 0.717) is 25.1 Å². The van der Waals surface area contributed by atoms with Gasteiger partial charge in [0.1, 0.15) is 5.82 Å². The van der Waals surface area contributed by atoms with Gasteiger partial charge in [0, 0.05) is 18.8 Å². The number of carbonyl (C=O) groups is 1. The molecule has 0 bridgehead atoms. The highest BCUT2D eigenvalue weighted by Crippen LogP contribution is 2.25. The Morgan fingerprint density at radius 3 is 2.42 bits per heavy atom. The van der Waals surface area contributed by atoms with Crippen LogP contribution in [-0.2, 0) is 14.8 Å². The molecule has 1 amide bonds. The smallest absolute Gasteiger partial charge is 0.243 e. The molecule has 2 aromatic carbocycles. The first kappa shape index (κ1) is 18.5. The van der Waals surface area contributed by atoms with Gasteiger partial charge in [-0.3, -0.25) is 4.79 Å². The molecule has 0 aromatic heterocycles. The van der Waals surface area contributed by atoms with Crippen LogP contribution in [0.15, 0.2) is 53.4 Å². The molecule has 1 N–H and O–H groups in total. The highest BCUT2D eigenvalue weighted by Gasteiger charge is 2.33. The lowest BCUT2D eigenvalue weighted by Gasteiger charge is -2.31. The molecule has 1 heterocycles. The molecule has 26 heavy (non-hydrogen) atoms. The van der Waals surface area contributed by atoms with Gasteiger partial charge in [0.25, 0.3) is 0 Å². The molecule has 0 unspecified atom stereocenters. The summed E-state index contributed by atoms with van der Waals surface area (Å²) in [7, 11) is -3.74. The van der Waals surface area contributed by atoms with Crippen molar-refractivity contribution in [1.82, 2.24) is 4.31 Å². The van der Waals surface area contributed by atoms with Crippen molar-refractivity contribution in [2.75, 3.05) is 18.4 Å². The van der Waals surface area contributed by atoms with E-state index < -0.39 is 21.8 Å². The number of sulfonamides is 1. The molecule has 1 saturated heterocycles. The average molecular weight is 376 g/mol. The molecule has 1 aliphatic rings. The van der Waals surface area contributed by atoms with Crippen molar-refractivity contribution in [3.63, 3.8) is 0 Å². The van der Waals surface area contributed by atoms with Crippen LogP contribution >= 0.6 is 0 Å². The van der Waals surface area contributed by atoms with E-state index in [2.05, 4.69) is 5.32 Å². The Kier molecular flexibility index (Phi) is 5.38. The lowest BCUT2D eigenvalue weighted by molar-refractivity contribution is -0.120. The molecule has 0 aliphatic carbocycles. The number of hydrogen-bond donors (Lipinski definition) is 1. The molecule has 138 valence electrons. The van der Waals surface area contributed by atoms with Gasteiger partial charge in [0.15, 0.2) is 0 Å². The molecule has 0 saturated carbocycles. The summed E-state index contributed by atoms with van der Waals surface area (Å²) in [5.74, 6) is -1.09. The van der Waals surface area contributed by atoms with Gasteiger partial charge >= 0.3 is 0 Å². The van der Waals surface area contributed by atoms with Gasteiger partial charge in [-0.15, -0.1) is 0 Å². The minimum Gasteiger partial charge on any atom is -0.326 e. The zero-order valence-corrected chi connectivity index (χ0v) is 15.3. The number of hydrogen-bond acceptors (Lipinski definition) is 3. The minimum absolute atomic E-state index is 0.0403. The lowest BCUT2D eigenvalue weighted by Crippen LogP contribution is -2.43. The van der Waals surface area contributed by atoms with Gasteiger partial charge in [-0.05, 0) is 56.2 Å². The van der Waals surface area contributed by atoms with E-state index in [-0.39, 0.29) is 17.3 Å². The Hall–Kier alpha value is -2.25. The summed E-state index contributed by atoms with van der Waals surface area (Å²) in [4.78, 5) is 12.6. The van der Waals surface area contributed by atoms with Gasteiger partial charge < -0.3 is 5.32 Å². The molecular weight excluding hydrogens is 355 g/mol. The number of nitrogens with one attached hydrogen (secondary N) is 1. The van der Waals surface area contributed by atoms with Crippen LogP contribution in [0.25, 0.3) is 0 Å². The number of carbonyl (C=O) groups excluding carboxylic acids is 1. The van der Waals surface area contributed by atoms with Crippen LogP contribution < -0.4 is 5.32 Å². The minimum atomic E-state index is -3.74. The Morgan fingerprint density at radius 1 is 1.12 bits per heavy atom. The Labute approximate surface area is 152 Å². The highest BCUT2D eigenvalue weighted by atomic mass is 32.2. The number of halogens is 1. The first-order valence-corrected chi connectivity index (χ1v) is 9.93. The van der Waals surface area contributed by atoms with Crippen molar-refractivity contribution < 1.29 is 17.6 Å². The van der Waals surface area contributed by atoms with Crippen LogP contribution in [0.3, 0.4) is 0 Å². The molecule has 5 nitrogen and oxygen atoms in total. The zero-order valence-electron chi connectivity index (χ0n) is 14.5. The maximum absolute atomic E-state index is 13.1. The summed E-state index contributed by atoms with van der Waals surface area (Å²) in [5.41, 5.74) is 1.79. The highest BCUT2D eigenvalue weighted by molar-refractivity contribution is 7.89. The van der Waals surface area contributed by atoms with Gasteiger partial charge in [-0.2, -0.15) is 4.31 Å². The Balaban J connectivity index is 1.71. The topological polar surface area (TPSA) is 66.5 Å². The second-order valence-electron chi connectivity index (χ2n) is 6.51. The molecule has 0 radical (unpaired) electrons. The van der Waals surface area contributed by atoms with Gasteiger partial charge in [0.2, 0.25) is 15.9 Å². The second kappa shape index (κ2) is 7.55. The third-order valence-corrected chi connectivity index (χ3v) is 6.40. The number of amides is 1. The molecule has 0 spiro atoms. The summed E-state index contributed by atoms with van der Waals surface area (Å²) >= 11 is 0. The van der Waals surface area contributed by atoms with Gasteiger partial charge in [-0.1, -0.05) is 17.7 Å². The van der Waals surface area contributed by atoms with E-state index in [4.69, 9.17) is 0 Å². The zero-order chi connectivity index (χ0) is 18.7. The SMILES string of the molecule is Cc1ccc(NC(=O)[C@@H]2CCCN(S(=O)(=O)c3ccc(F)cc3)C2)cc1. The molecule has 1 atom stereocenters. The van der Waals surface area contributed by atoms with Crippen molar-refractivity contribution >= 4 is 21.6 Å². The average Bonchev–Trinajstić information content (AvgIpc) is 2.64. The van der Waals surface area contributed by atoms with Crippen LogP contribution in [0, 0.1) is 18.7 Å². The van der Waals surface area contributed by atoms with Crippen LogP contribution in [0.2, 0.25) is 0 Å². The quantitative estimate of drug-likeness (QED) is 0.891.